The standard InChI is InChI=1S/C9H8N2O2S/c1-6-7(2-4-12)8(13)11-3-5-14-9(11)10-6/h3-5H,2H2,1H3. The zero-order valence-electron chi connectivity index (χ0n) is 7.56. The summed E-state index contributed by atoms with van der Waals surface area (Å²) in [4.78, 5) is 27.1. The third-order valence-electron chi connectivity index (χ3n) is 2.05. The van der Waals surface area contributed by atoms with Crippen LogP contribution in [0.2, 0.25) is 0 Å². The molecule has 0 radical (unpaired) electrons. The maximum atomic E-state index is 11.8. The van der Waals surface area contributed by atoms with Gasteiger partial charge in [-0.15, -0.1) is 11.3 Å². The summed E-state index contributed by atoms with van der Waals surface area (Å²) in [5.41, 5.74) is 0.987. The topological polar surface area (TPSA) is 51.4 Å². The lowest BCUT2D eigenvalue weighted by Crippen LogP contribution is -2.20. The van der Waals surface area contributed by atoms with E-state index in [0.29, 0.717) is 16.2 Å². The van der Waals surface area contributed by atoms with Gasteiger partial charge in [-0.25, -0.2) is 4.98 Å². The molecule has 2 heterocycles. The first kappa shape index (κ1) is 9.08. The molecule has 0 aromatic carbocycles. The summed E-state index contributed by atoms with van der Waals surface area (Å²) in [7, 11) is 0. The van der Waals surface area contributed by atoms with E-state index >= 15 is 0 Å². The molecule has 0 saturated heterocycles. The molecule has 0 bridgehead atoms. The quantitative estimate of drug-likeness (QED) is 0.686. The van der Waals surface area contributed by atoms with Crippen molar-refractivity contribution < 1.29 is 4.79 Å². The number of hydrogen-bond donors (Lipinski definition) is 0. The van der Waals surface area contributed by atoms with Crippen LogP contribution in [-0.4, -0.2) is 15.7 Å². The van der Waals surface area contributed by atoms with Gasteiger partial charge in [0.05, 0.1) is 0 Å². The summed E-state index contributed by atoms with van der Waals surface area (Å²) in [6.45, 7) is 1.75. The zero-order chi connectivity index (χ0) is 10.1. The SMILES string of the molecule is Cc1nc2sccn2c(=O)c1CC=O. The van der Waals surface area contributed by atoms with Gasteiger partial charge < -0.3 is 4.79 Å². The van der Waals surface area contributed by atoms with E-state index in [1.165, 1.54) is 15.7 Å². The Labute approximate surface area is 83.8 Å². The number of hydrogen-bond acceptors (Lipinski definition) is 4. The Morgan fingerprint density at radius 1 is 1.64 bits per heavy atom. The lowest BCUT2D eigenvalue weighted by atomic mass is 10.2. The predicted octanol–water partition coefficient (Wildman–Crippen LogP) is 0.806. The number of fused-ring (bicyclic) bond motifs is 1. The minimum Gasteiger partial charge on any atom is -0.303 e. The summed E-state index contributed by atoms with van der Waals surface area (Å²) in [5.74, 6) is 0. The molecule has 0 N–H and O–H groups in total. The average molecular weight is 208 g/mol. The van der Waals surface area contributed by atoms with Gasteiger partial charge in [-0.1, -0.05) is 0 Å². The Morgan fingerprint density at radius 3 is 3.14 bits per heavy atom. The molecular weight excluding hydrogens is 200 g/mol. The molecule has 0 amide bonds. The molecule has 4 nitrogen and oxygen atoms in total. The molecule has 0 aliphatic heterocycles. The van der Waals surface area contributed by atoms with Gasteiger partial charge in [-0.3, -0.25) is 9.20 Å². The molecule has 0 spiro atoms. The van der Waals surface area contributed by atoms with E-state index in [1.54, 1.807) is 18.5 Å². The number of carbonyl (C=O) groups is 1. The molecule has 0 aliphatic rings. The monoisotopic (exact) mass is 208 g/mol. The maximum Gasteiger partial charge on any atom is 0.262 e. The smallest absolute Gasteiger partial charge is 0.262 e. The Balaban J connectivity index is 2.82. The zero-order valence-corrected chi connectivity index (χ0v) is 8.37. The largest absolute Gasteiger partial charge is 0.303 e. The average Bonchev–Trinajstić information content (AvgIpc) is 2.60. The summed E-state index contributed by atoms with van der Waals surface area (Å²) in [6, 6.07) is 0. The van der Waals surface area contributed by atoms with Gasteiger partial charge in [-0.2, -0.15) is 0 Å². The molecule has 5 heteroatoms. The van der Waals surface area contributed by atoms with Crippen LogP contribution < -0.4 is 5.56 Å². The molecule has 2 aromatic heterocycles. The summed E-state index contributed by atoms with van der Waals surface area (Å²) < 4.78 is 1.47. The number of aldehydes is 1. The molecule has 72 valence electrons. The van der Waals surface area contributed by atoms with Crippen LogP contribution >= 0.6 is 11.3 Å². The number of aryl methyl sites for hydroxylation is 1. The van der Waals surface area contributed by atoms with E-state index in [9.17, 15) is 9.59 Å². The Bertz CT molecular complexity index is 541. The highest BCUT2D eigenvalue weighted by Gasteiger charge is 2.08. The Morgan fingerprint density at radius 2 is 2.43 bits per heavy atom. The van der Waals surface area contributed by atoms with Gasteiger partial charge in [0.25, 0.3) is 5.56 Å². The van der Waals surface area contributed by atoms with Crippen molar-refractivity contribution in [3.63, 3.8) is 0 Å². The molecule has 0 unspecified atom stereocenters. The van der Waals surface area contributed by atoms with Crippen LogP contribution in [0.1, 0.15) is 11.3 Å². The normalized spacial score (nSPS) is 10.6. The highest BCUT2D eigenvalue weighted by atomic mass is 32.1. The second-order valence-corrected chi connectivity index (χ2v) is 3.78. The molecule has 2 rings (SSSR count). The number of thiazole rings is 1. The van der Waals surface area contributed by atoms with Gasteiger partial charge in [0.1, 0.15) is 6.29 Å². The molecule has 0 atom stereocenters. The van der Waals surface area contributed by atoms with Gasteiger partial charge in [0, 0.05) is 29.3 Å². The van der Waals surface area contributed by atoms with Crippen LogP contribution in [0.3, 0.4) is 0 Å². The molecular formula is C9H8N2O2S. The predicted molar refractivity (Wildman–Crippen MR) is 53.8 cm³/mol. The highest BCUT2D eigenvalue weighted by molar-refractivity contribution is 7.15. The van der Waals surface area contributed by atoms with E-state index in [-0.39, 0.29) is 12.0 Å². The fraction of sp³-hybridized carbons (Fsp3) is 0.222. The summed E-state index contributed by atoms with van der Waals surface area (Å²) >= 11 is 1.41. The van der Waals surface area contributed by atoms with Crippen molar-refractivity contribution in [3.05, 3.63) is 33.2 Å². The van der Waals surface area contributed by atoms with Crippen molar-refractivity contribution in [1.29, 1.82) is 0 Å². The second kappa shape index (κ2) is 3.34. The first-order valence-electron chi connectivity index (χ1n) is 4.13. The number of carbonyl (C=O) groups excluding carboxylic acids is 1. The van der Waals surface area contributed by atoms with Crippen LogP contribution in [0.25, 0.3) is 4.96 Å². The van der Waals surface area contributed by atoms with Crippen LogP contribution in [0.15, 0.2) is 16.4 Å². The van der Waals surface area contributed by atoms with Crippen molar-refractivity contribution in [2.45, 2.75) is 13.3 Å². The molecule has 0 saturated carbocycles. The van der Waals surface area contributed by atoms with Gasteiger partial charge in [0.15, 0.2) is 4.96 Å². The van der Waals surface area contributed by atoms with Crippen molar-refractivity contribution in [2.24, 2.45) is 0 Å². The highest BCUT2D eigenvalue weighted by Crippen LogP contribution is 2.08. The Hall–Kier alpha value is -1.49. The number of nitrogens with zero attached hydrogens (tertiary/aromatic N) is 2. The molecule has 0 fully saturated rings. The van der Waals surface area contributed by atoms with E-state index in [4.69, 9.17) is 0 Å². The minimum atomic E-state index is -0.138. The van der Waals surface area contributed by atoms with Crippen LogP contribution in [0.4, 0.5) is 0 Å². The van der Waals surface area contributed by atoms with E-state index in [2.05, 4.69) is 4.98 Å². The van der Waals surface area contributed by atoms with E-state index in [0.717, 1.165) is 6.29 Å². The summed E-state index contributed by atoms with van der Waals surface area (Å²) in [5, 5.41) is 1.80. The van der Waals surface area contributed by atoms with Crippen LogP contribution in [-0.2, 0) is 11.2 Å². The van der Waals surface area contributed by atoms with Crippen LogP contribution in [0.5, 0.6) is 0 Å². The van der Waals surface area contributed by atoms with Gasteiger partial charge in [0.2, 0.25) is 0 Å². The van der Waals surface area contributed by atoms with Gasteiger partial charge in [-0.05, 0) is 6.92 Å². The first-order chi connectivity index (χ1) is 6.74. The fourth-order valence-electron chi connectivity index (χ4n) is 1.34. The third kappa shape index (κ3) is 1.26. The third-order valence-corrected chi connectivity index (χ3v) is 2.81. The van der Waals surface area contributed by atoms with Crippen molar-refractivity contribution in [3.8, 4) is 0 Å². The van der Waals surface area contributed by atoms with Crippen molar-refractivity contribution >= 4 is 22.6 Å². The fourth-order valence-corrected chi connectivity index (χ4v) is 2.09. The number of rotatable bonds is 2. The van der Waals surface area contributed by atoms with E-state index in [1.807, 2.05) is 0 Å². The molecule has 2 aromatic rings. The van der Waals surface area contributed by atoms with Gasteiger partial charge >= 0.3 is 0 Å². The second-order valence-electron chi connectivity index (χ2n) is 2.91. The van der Waals surface area contributed by atoms with Crippen molar-refractivity contribution in [2.75, 3.05) is 0 Å². The lowest BCUT2D eigenvalue weighted by molar-refractivity contribution is -0.107. The first-order valence-corrected chi connectivity index (χ1v) is 5.01. The molecule has 14 heavy (non-hydrogen) atoms. The Kier molecular flexibility index (Phi) is 2.17. The van der Waals surface area contributed by atoms with Crippen LogP contribution in [0, 0.1) is 6.92 Å². The molecule has 0 aliphatic carbocycles. The maximum absolute atomic E-state index is 11.8. The lowest BCUT2D eigenvalue weighted by Gasteiger charge is -2.00. The van der Waals surface area contributed by atoms with E-state index < -0.39 is 0 Å². The number of aromatic nitrogens is 2. The summed E-state index contributed by atoms with van der Waals surface area (Å²) in [6.07, 6.45) is 2.53. The minimum absolute atomic E-state index is 0.135. The van der Waals surface area contributed by atoms with Crippen molar-refractivity contribution in [1.82, 2.24) is 9.38 Å².